The predicted molar refractivity (Wildman–Crippen MR) is 195 cm³/mol. The van der Waals surface area contributed by atoms with Crippen LogP contribution in [0.2, 0.25) is 0 Å². The van der Waals surface area contributed by atoms with E-state index in [0.29, 0.717) is 38.5 Å². The first-order chi connectivity index (χ1) is 26.0. The van der Waals surface area contributed by atoms with Crippen molar-refractivity contribution in [2.75, 3.05) is 13.2 Å². The zero-order valence-electron chi connectivity index (χ0n) is 33.4. The number of aliphatic hydroxyl groups is 8. The van der Waals surface area contributed by atoms with E-state index in [4.69, 9.17) is 18.9 Å². The number of ether oxygens (including phenoxy) is 4. The molecule has 318 valence electrons. The van der Waals surface area contributed by atoms with Crippen LogP contribution in [0.5, 0.6) is 0 Å². The van der Waals surface area contributed by atoms with Gasteiger partial charge in [0.15, 0.2) is 6.29 Å². The maximum Gasteiger partial charge on any atom is 0.314 e. The average molecular weight is 797 g/mol. The minimum Gasteiger partial charge on any atom is -0.481 e. The van der Waals surface area contributed by atoms with Crippen LogP contribution < -0.4 is 0 Å². The molecule has 2 heterocycles. The molecular weight excluding hydrogens is 732 g/mol. The van der Waals surface area contributed by atoms with Crippen LogP contribution in [0.4, 0.5) is 0 Å². The molecule has 5 aliphatic carbocycles. The van der Waals surface area contributed by atoms with Crippen LogP contribution in [0.15, 0.2) is 11.6 Å². The largest absolute Gasteiger partial charge is 0.481 e. The van der Waals surface area contributed by atoms with Gasteiger partial charge in [0.2, 0.25) is 6.29 Å². The van der Waals surface area contributed by atoms with Gasteiger partial charge in [0.25, 0.3) is 0 Å². The van der Waals surface area contributed by atoms with Crippen LogP contribution in [0, 0.1) is 50.2 Å². The first-order valence-electron chi connectivity index (χ1n) is 20.5. The van der Waals surface area contributed by atoms with Crippen molar-refractivity contribution in [1.29, 1.82) is 0 Å². The second-order valence-corrected chi connectivity index (χ2v) is 20.0. The maximum atomic E-state index is 14.0. The van der Waals surface area contributed by atoms with Crippen molar-refractivity contribution in [1.82, 2.24) is 0 Å². The van der Waals surface area contributed by atoms with Gasteiger partial charge in [0.05, 0.1) is 36.3 Å². The molecule has 4 saturated carbocycles. The van der Waals surface area contributed by atoms with Crippen LogP contribution in [0.25, 0.3) is 0 Å². The Labute approximate surface area is 328 Å². The number of carbonyl (C=O) groups is 2. The lowest BCUT2D eigenvalue weighted by atomic mass is 9.33. The number of esters is 1. The number of aliphatic hydroxyl groups excluding tert-OH is 8. The minimum absolute atomic E-state index is 0.0132. The van der Waals surface area contributed by atoms with Crippen LogP contribution in [-0.2, 0) is 28.5 Å². The third-order valence-corrected chi connectivity index (χ3v) is 17.1. The molecule has 0 spiro atoms. The molecular formula is C41H64O15. The molecule has 0 radical (unpaired) electrons. The van der Waals surface area contributed by atoms with Crippen LogP contribution >= 0.6 is 0 Å². The van der Waals surface area contributed by atoms with E-state index in [9.17, 15) is 55.5 Å². The van der Waals surface area contributed by atoms with E-state index < -0.39 is 119 Å². The third-order valence-electron chi connectivity index (χ3n) is 17.1. The molecule has 7 rings (SSSR count). The van der Waals surface area contributed by atoms with E-state index in [1.54, 1.807) is 6.92 Å². The van der Waals surface area contributed by atoms with E-state index in [1.807, 2.05) is 6.92 Å². The van der Waals surface area contributed by atoms with E-state index >= 15 is 0 Å². The summed E-state index contributed by atoms with van der Waals surface area (Å²) >= 11 is 0. The Balaban J connectivity index is 1.17. The van der Waals surface area contributed by atoms with Gasteiger partial charge in [-0.15, -0.1) is 0 Å². The second-order valence-electron chi connectivity index (χ2n) is 20.0. The van der Waals surface area contributed by atoms with Gasteiger partial charge in [-0.2, -0.15) is 0 Å². The lowest BCUT2D eigenvalue weighted by molar-refractivity contribution is -0.314. The fourth-order valence-corrected chi connectivity index (χ4v) is 13.3. The Morgan fingerprint density at radius 1 is 0.804 bits per heavy atom. The number of fused-ring (bicyclic) bond motifs is 7. The highest BCUT2D eigenvalue weighted by atomic mass is 16.7. The first-order valence-corrected chi connectivity index (χ1v) is 20.5. The van der Waals surface area contributed by atoms with Crippen molar-refractivity contribution in [2.24, 2.45) is 50.2 Å². The molecule has 0 aromatic carbocycles. The Morgan fingerprint density at radius 3 is 2.12 bits per heavy atom. The summed E-state index contributed by atoms with van der Waals surface area (Å²) in [6.07, 6.45) is -7.84. The quantitative estimate of drug-likeness (QED) is 0.103. The summed E-state index contributed by atoms with van der Waals surface area (Å²) in [5, 5.41) is 95.1. The molecule has 0 bridgehead atoms. The Bertz CT molecular complexity index is 1570. The van der Waals surface area contributed by atoms with E-state index in [1.165, 1.54) is 5.57 Å². The van der Waals surface area contributed by atoms with Gasteiger partial charge in [0, 0.05) is 5.92 Å². The van der Waals surface area contributed by atoms with Gasteiger partial charge < -0.3 is 64.9 Å². The number of carboxylic acids is 1. The van der Waals surface area contributed by atoms with Gasteiger partial charge >= 0.3 is 11.9 Å². The number of carbonyl (C=O) groups excluding carboxylic acids is 1. The third kappa shape index (κ3) is 6.00. The van der Waals surface area contributed by atoms with Crippen LogP contribution in [-0.4, -0.2) is 139 Å². The molecule has 15 nitrogen and oxygen atoms in total. The number of rotatable bonds is 6. The smallest absolute Gasteiger partial charge is 0.314 e. The number of hydrogen-bond donors (Lipinski definition) is 9. The molecule has 0 amide bonds. The topological polar surface area (TPSA) is 253 Å². The van der Waals surface area contributed by atoms with Crippen molar-refractivity contribution in [3.8, 4) is 0 Å². The standard InChI is InChI=1S/C41H64O15/c1-36-11-12-37(2,35(52)56-33-30(49)28(47)27(46)23(17-42)54-33)15-20(36)19-7-8-24-38(3)10-9-25(55-32-29(48)26(45)22(44)18-53-32)41(6,34(50)51)31(38)21(43)16-40(24,5)39(19,4)14-13-36/h7,20-33,42-49H,8-18H2,1-6H3,(H,50,51)/t20-,21+,22-,23+,24+,25-,26-,27+,28-,29+,30+,31+,32+,33-,36+,37+,38+,39+,40+,41+/m0/s1. The molecule has 20 atom stereocenters. The summed E-state index contributed by atoms with van der Waals surface area (Å²) in [6, 6.07) is 0. The Hall–Kier alpha value is -1.76. The lowest BCUT2D eigenvalue weighted by Gasteiger charge is -2.72. The molecule has 6 fully saturated rings. The highest BCUT2D eigenvalue weighted by molar-refractivity contribution is 5.77. The lowest BCUT2D eigenvalue weighted by Crippen LogP contribution is -2.70. The van der Waals surface area contributed by atoms with Crippen molar-refractivity contribution in [2.45, 2.75) is 167 Å². The summed E-state index contributed by atoms with van der Waals surface area (Å²) in [6.45, 7) is 11.4. The van der Waals surface area contributed by atoms with Crippen molar-refractivity contribution in [3.05, 3.63) is 11.6 Å². The van der Waals surface area contributed by atoms with Gasteiger partial charge in [-0.25, -0.2) is 0 Å². The molecule has 0 aromatic rings. The number of carboxylic acid groups (broad SMARTS) is 1. The average Bonchev–Trinajstić information content (AvgIpc) is 3.13. The molecule has 9 N–H and O–H groups in total. The van der Waals surface area contributed by atoms with Gasteiger partial charge in [0.1, 0.15) is 42.7 Å². The summed E-state index contributed by atoms with van der Waals surface area (Å²) in [4.78, 5) is 27.4. The molecule has 7 aliphatic rings. The highest BCUT2D eigenvalue weighted by Gasteiger charge is 2.72. The monoisotopic (exact) mass is 796 g/mol. The number of hydrogen-bond acceptors (Lipinski definition) is 14. The second kappa shape index (κ2) is 14.2. The van der Waals surface area contributed by atoms with Crippen molar-refractivity contribution >= 4 is 11.9 Å². The molecule has 2 aliphatic heterocycles. The predicted octanol–water partition coefficient (Wildman–Crippen LogP) is 0.991. The zero-order chi connectivity index (χ0) is 41.1. The van der Waals surface area contributed by atoms with Crippen LogP contribution in [0.3, 0.4) is 0 Å². The van der Waals surface area contributed by atoms with Gasteiger partial charge in [-0.1, -0.05) is 39.3 Å². The molecule has 15 heteroatoms. The SMILES string of the molecule is C[C@@]1(C(=O)O[C@@H]2O[C@H](CO)[C@@H](O)[C@H](O)[C@H]2O)CC[C@]2(C)CC[C@]3(C)C(=CC[C@@H]4[C@@]5(C)CC[C@H](O[C@H]6OC[C@H](O)[C@H](O)[C@H]6O)[C@@](C)(C(=O)O)[C@@H]5[C@H](O)C[C@]43C)[C@@H]2C1. The van der Waals surface area contributed by atoms with E-state index in [0.717, 1.165) is 19.3 Å². The molecule has 2 saturated heterocycles. The summed E-state index contributed by atoms with van der Waals surface area (Å²) < 4.78 is 23.0. The number of aliphatic carboxylic acids is 1. The Kier molecular flexibility index (Phi) is 10.7. The Morgan fingerprint density at radius 2 is 1.46 bits per heavy atom. The first kappa shape index (κ1) is 42.4. The molecule has 0 unspecified atom stereocenters. The summed E-state index contributed by atoms with van der Waals surface area (Å²) in [5.41, 5.74) is -2.93. The molecule has 0 aromatic heterocycles. The fraction of sp³-hybridized carbons (Fsp3) is 0.902. The van der Waals surface area contributed by atoms with Gasteiger partial charge in [-0.3, -0.25) is 9.59 Å². The maximum absolute atomic E-state index is 14.0. The van der Waals surface area contributed by atoms with Gasteiger partial charge in [-0.05, 0) is 105 Å². The minimum atomic E-state index is -1.70. The van der Waals surface area contributed by atoms with E-state index in [2.05, 4.69) is 33.8 Å². The number of allylic oxidation sites excluding steroid dienone is 2. The summed E-state index contributed by atoms with van der Waals surface area (Å²) in [7, 11) is 0. The van der Waals surface area contributed by atoms with Crippen molar-refractivity contribution < 1.29 is 74.5 Å². The summed E-state index contributed by atoms with van der Waals surface area (Å²) in [5.74, 6) is -2.48. The van der Waals surface area contributed by atoms with Crippen LogP contribution in [0.1, 0.15) is 99.3 Å². The van der Waals surface area contributed by atoms with E-state index in [-0.39, 0.29) is 23.9 Å². The van der Waals surface area contributed by atoms with Crippen molar-refractivity contribution in [3.63, 3.8) is 0 Å². The highest BCUT2D eigenvalue weighted by Crippen LogP contribution is 2.76. The molecule has 56 heavy (non-hydrogen) atoms. The fourth-order valence-electron chi connectivity index (χ4n) is 13.3. The normalized spacial score (nSPS) is 55.7. The zero-order valence-corrected chi connectivity index (χ0v) is 33.4.